The maximum absolute atomic E-state index is 5.82. The second kappa shape index (κ2) is 10.6. The van der Waals surface area contributed by atoms with Crippen LogP contribution in [0.5, 0.6) is 0 Å². The molecule has 3 aromatic carbocycles. The van der Waals surface area contributed by atoms with Crippen molar-refractivity contribution in [3.63, 3.8) is 0 Å². The first-order valence-corrected chi connectivity index (χ1v) is 12.0. The van der Waals surface area contributed by atoms with Crippen LogP contribution in [0.3, 0.4) is 0 Å². The summed E-state index contributed by atoms with van der Waals surface area (Å²) in [5, 5.41) is 4.11. The van der Waals surface area contributed by atoms with E-state index in [1.165, 1.54) is 15.9 Å². The van der Waals surface area contributed by atoms with Crippen molar-refractivity contribution >= 4 is 28.6 Å². The number of hydrogen-bond acceptors (Lipinski definition) is 2. The number of benzene rings is 3. The fourth-order valence-electron chi connectivity index (χ4n) is 3.66. The Labute approximate surface area is 175 Å². The molecule has 0 saturated carbocycles. The highest BCUT2D eigenvalue weighted by molar-refractivity contribution is 7.94. The van der Waals surface area contributed by atoms with Crippen molar-refractivity contribution in [3.8, 4) is 0 Å². The lowest BCUT2D eigenvalue weighted by Crippen LogP contribution is -2.30. The van der Waals surface area contributed by atoms with E-state index in [9.17, 15) is 0 Å². The lowest BCUT2D eigenvalue weighted by atomic mass is 9.99. The van der Waals surface area contributed by atoms with Gasteiger partial charge in [0.1, 0.15) is 6.79 Å². The molecule has 3 aromatic rings. The SMILES string of the molecule is COCOC[C@H](C=P(c1ccccc1)(c1ccccc1)c1ccccc1)C(C)C. The normalized spacial score (nSPS) is 12.7. The standard InChI is InChI=1S/C26H31O2P/c1-22(2)23(19-28-21-27-3)20-29(24-13-7-4-8-14-24,25-15-9-5-10-16-25)26-17-11-6-12-18-26/h4-18,20,22-23H,19,21H2,1-3H3/t23-/m1/s1. The molecule has 0 saturated heterocycles. The minimum absolute atomic E-state index is 0.305. The largest absolute Gasteiger partial charge is 0.359 e. The number of ether oxygens (including phenoxy) is 2. The zero-order valence-electron chi connectivity index (χ0n) is 17.6. The first-order chi connectivity index (χ1) is 14.2. The number of methoxy groups -OCH3 is 1. The van der Waals surface area contributed by atoms with E-state index in [4.69, 9.17) is 9.47 Å². The predicted molar refractivity (Wildman–Crippen MR) is 127 cm³/mol. The molecule has 29 heavy (non-hydrogen) atoms. The number of rotatable bonds is 9. The van der Waals surface area contributed by atoms with Gasteiger partial charge in [-0.3, -0.25) is 0 Å². The van der Waals surface area contributed by atoms with E-state index in [-0.39, 0.29) is 0 Å². The highest BCUT2D eigenvalue weighted by Gasteiger charge is 2.27. The molecule has 0 bridgehead atoms. The van der Waals surface area contributed by atoms with Gasteiger partial charge in [-0.2, -0.15) is 0 Å². The topological polar surface area (TPSA) is 18.5 Å². The van der Waals surface area contributed by atoms with Crippen LogP contribution in [0.4, 0.5) is 0 Å². The molecule has 0 aromatic heterocycles. The second-order valence-electron chi connectivity index (χ2n) is 7.56. The van der Waals surface area contributed by atoms with Crippen LogP contribution in [0.1, 0.15) is 13.8 Å². The summed E-state index contributed by atoms with van der Waals surface area (Å²) in [6.07, 6.45) is 0. The first-order valence-electron chi connectivity index (χ1n) is 10.2. The fourth-order valence-corrected chi connectivity index (χ4v) is 8.00. The lowest BCUT2D eigenvalue weighted by Gasteiger charge is -2.32. The molecule has 2 nitrogen and oxygen atoms in total. The Hall–Kier alpha value is -2.12. The van der Waals surface area contributed by atoms with Gasteiger partial charge in [0.05, 0.1) is 6.61 Å². The van der Waals surface area contributed by atoms with Gasteiger partial charge < -0.3 is 9.47 Å². The van der Waals surface area contributed by atoms with Crippen LogP contribution in [0.2, 0.25) is 0 Å². The van der Waals surface area contributed by atoms with Crippen LogP contribution in [0, 0.1) is 11.8 Å². The van der Waals surface area contributed by atoms with Gasteiger partial charge in [-0.1, -0.05) is 111 Å². The van der Waals surface area contributed by atoms with E-state index in [1.807, 2.05) is 0 Å². The molecular formula is C26H31O2P. The highest BCUT2D eigenvalue weighted by atomic mass is 31.2. The molecule has 0 fully saturated rings. The van der Waals surface area contributed by atoms with Crippen molar-refractivity contribution in [2.45, 2.75) is 13.8 Å². The fraction of sp³-hybridized carbons (Fsp3) is 0.269. The summed E-state index contributed by atoms with van der Waals surface area (Å²) in [4.78, 5) is 0. The van der Waals surface area contributed by atoms with Crippen LogP contribution < -0.4 is 15.9 Å². The maximum Gasteiger partial charge on any atom is 0.146 e. The lowest BCUT2D eigenvalue weighted by molar-refractivity contribution is -0.0398. The van der Waals surface area contributed by atoms with Gasteiger partial charge in [0.15, 0.2) is 0 Å². The summed E-state index contributed by atoms with van der Waals surface area (Å²) in [7, 11) is 1.67. The highest BCUT2D eigenvalue weighted by Crippen LogP contribution is 2.45. The predicted octanol–water partition coefficient (Wildman–Crippen LogP) is 4.68. The molecule has 0 N–H and O–H groups in total. The molecule has 0 aliphatic rings. The third-order valence-electron chi connectivity index (χ3n) is 5.27. The van der Waals surface area contributed by atoms with Gasteiger partial charge in [-0.15, -0.1) is 0 Å². The second-order valence-corrected chi connectivity index (χ2v) is 10.9. The average molecular weight is 407 g/mol. The average Bonchev–Trinajstić information content (AvgIpc) is 2.78. The van der Waals surface area contributed by atoms with Crippen LogP contribution >= 0.6 is 6.89 Å². The molecule has 1 atom stereocenters. The smallest absolute Gasteiger partial charge is 0.146 e. The van der Waals surface area contributed by atoms with Gasteiger partial charge in [-0.25, -0.2) is 0 Å². The van der Waals surface area contributed by atoms with Crippen molar-refractivity contribution in [2.75, 3.05) is 20.5 Å². The molecule has 0 radical (unpaired) electrons. The van der Waals surface area contributed by atoms with Gasteiger partial charge in [0, 0.05) is 13.0 Å². The van der Waals surface area contributed by atoms with Crippen LogP contribution in [-0.4, -0.2) is 26.3 Å². The van der Waals surface area contributed by atoms with Crippen LogP contribution in [0.25, 0.3) is 0 Å². The minimum Gasteiger partial charge on any atom is -0.359 e. The Bertz CT molecular complexity index is 802. The Morgan fingerprint density at radius 1 is 0.724 bits per heavy atom. The Kier molecular flexibility index (Phi) is 7.89. The quantitative estimate of drug-likeness (QED) is 0.292. The molecule has 3 rings (SSSR count). The van der Waals surface area contributed by atoms with Crippen LogP contribution in [-0.2, 0) is 9.47 Å². The molecule has 0 aliphatic heterocycles. The third-order valence-corrected chi connectivity index (χ3v) is 9.44. The van der Waals surface area contributed by atoms with Crippen molar-refractivity contribution < 1.29 is 9.47 Å². The van der Waals surface area contributed by atoms with E-state index >= 15 is 0 Å². The van der Waals surface area contributed by atoms with E-state index in [2.05, 4.69) is 111 Å². The van der Waals surface area contributed by atoms with Gasteiger partial charge in [0.25, 0.3) is 0 Å². The Balaban J connectivity index is 2.30. The molecule has 0 spiro atoms. The van der Waals surface area contributed by atoms with E-state index in [1.54, 1.807) is 7.11 Å². The summed E-state index contributed by atoms with van der Waals surface area (Å²) in [6, 6.07) is 32.8. The zero-order valence-corrected chi connectivity index (χ0v) is 18.5. The van der Waals surface area contributed by atoms with E-state index in [0.717, 1.165) is 0 Å². The summed E-state index contributed by atoms with van der Waals surface area (Å²) in [6.45, 7) is 3.56. The Morgan fingerprint density at radius 2 is 1.14 bits per heavy atom. The molecule has 3 heteroatoms. The minimum atomic E-state index is -1.96. The van der Waals surface area contributed by atoms with Crippen molar-refractivity contribution in [1.29, 1.82) is 0 Å². The molecule has 0 unspecified atom stereocenters. The van der Waals surface area contributed by atoms with Gasteiger partial charge in [0.2, 0.25) is 0 Å². The third kappa shape index (κ3) is 5.08. The van der Waals surface area contributed by atoms with Crippen LogP contribution in [0.15, 0.2) is 91.0 Å². The summed E-state index contributed by atoms with van der Waals surface area (Å²) < 4.78 is 11.0. The summed E-state index contributed by atoms with van der Waals surface area (Å²) in [5.74, 6) is 3.36. The van der Waals surface area contributed by atoms with Gasteiger partial charge >= 0.3 is 0 Å². The van der Waals surface area contributed by atoms with Crippen molar-refractivity contribution in [3.05, 3.63) is 91.0 Å². The summed E-state index contributed by atoms with van der Waals surface area (Å²) in [5.41, 5.74) is 0. The molecule has 0 amide bonds. The molecule has 0 heterocycles. The monoisotopic (exact) mass is 406 g/mol. The van der Waals surface area contributed by atoms with Gasteiger partial charge in [-0.05, 0) is 28.7 Å². The zero-order chi connectivity index (χ0) is 20.5. The van der Waals surface area contributed by atoms with E-state index in [0.29, 0.717) is 25.2 Å². The molecular weight excluding hydrogens is 375 g/mol. The summed E-state index contributed by atoms with van der Waals surface area (Å²) >= 11 is 0. The first kappa shape index (κ1) is 21.6. The Morgan fingerprint density at radius 3 is 1.48 bits per heavy atom. The van der Waals surface area contributed by atoms with Crippen molar-refractivity contribution in [2.24, 2.45) is 11.8 Å². The van der Waals surface area contributed by atoms with Crippen molar-refractivity contribution in [1.82, 2.24) is 0 Å². The number of hydrogen-bond donors (Lipinski definition) is 0. The molecule has 152 valence electrons. The molecule has 0 aliphatic carbocycles. The maximum atomic E-state index is 5.82. The van der Waals surface area contributed by atoms with E-state index < -0.39 is 6.89 Å².